The molecule has 90 valence electrons. The summed E-state index contributed by atoms with van der Waals surface area (Å²) >= 11 is 0. The van der Waals surface area contributed by atoms with Crippen LogP contribution < -0.4 is 5.32 Å². The lowest BCUT2D eigenvalue weighted by atomic mass is 9.94. The molecule has 0 spiro atoms. The van der Waals surface area contributed by atoms with Crippen molar-refractivity contribution in [1.82, 2.24) is 9.80 Å². The average Bonchev–Trinajstić information content (AvgIpc) is 2.54. The smallest absolute Gasteiger partial charge is 0.320 e. The third-order valence-corrected chi connectivity index (χ3v) is 3.72. The van der Waals surface area contributed by atoms with Crippen LogP contribution in [0.2, 0.25) is 0 Å². The first-order valence-corrected chi connectivity index (χ1v) is 5.62. The van der Waals surface area contributed by atoms with Crippen LogP contribution in [-0.4, -0.2) is 42.5 Å². The Hall–Kier alpha value is -1.78. The number of nitrogens with one attached hydrogen (secondary N) is 1. The van der Waals surface area contributed by atoms with Crippen molar-refractivity contribution in [1.29, 1.82) is 0 Å². The number of urea groups is 1. The van der Waals surface area contributed by atoms with Gasteiger partial charge in [-0.1, -0.05) is 0 Å². The third kappa shape index (κ3) is 1.31. The second kappa shape index (κ2) is 3.35. The highest BCUT2D eigenvalue weighted by atomic mass is 19.1. The van der Waals surface area contributed by atoms with Crippen LogP contribution in [0, 0.1) is 5.82 Å². The molecule has 2 atom stereocenters. The molecule has 0 aliphatic carbocycles. The largest absolute Gasteiger partial charge is 0.383 e. The van der Waals surface area contributed by atoms with Crippen molar-refractivity contribution in [2.75, 3.05) is 26.0 Å². The fraction of sp³-hybridized carbons (Fsp3) is 0.417. The lowest BCUT2D eigenvalue weighted by molar-refractivity contribution is 0.200. The predicted molar refractivity (Wildman–Crippen MR) is 62.3 cm³/mol. The Bertz CT molecular complexity index is 491. The summed E-state index contributed by atoms with van der Waals surface area (Å²) in [5.74, 6) is -0.262. The Morgan fingerprint density at radius 3 is 2.88 bits per heavy atom. The Morgan fingerprint density at radius 1 is 1.35 bits per heavy atom. The first kappa shape index (κ1) is 10.4. The number of anilines is 1. The molecule has 2 aliphatic rings. The number of likely N-dealkylation sites (N-methyl/N-ethyl adjacent to an activating group) is 2. The molecule has 1 aromatic rings. The maximum atomic E-state index is 13.3. The summed E-state index contributed by atoms with van der Waals surface area (Å²) < 4.78 is 13.3. The zero-order valence-corrected chi connectivity index (χ0v) is 9.77. The fourth-order valence-electron chi connectivity index (χ4n) is 2.80. The van der Waals surface area contributed by atoms with E-state index in [1.165, 1.54) is 12.1 Å². The van der Waals surface area contributed by atoms with Gasteiger partial charge in [-0.2, -0.15) is 0 Å². The number of hydrogen-bond acceptors (Lipinski definition) is 2. The number of fused-ring (bicyclic) bond motifs is 3. The lowest BCUT2D eigenvalue weighted by Gasteiger charge is -2.32. The van der Waals surface area contributed by atoms with E-state index in [4.69, 9.17) is 0 Å². The van der Waals surface area contributed by atoms with Gasteiger partial charge in [0.2, 0.25) is 0 Å². The molecule has 2 amide bonds. The lowest BCUT2D eigenvalue weighted by Crippen LogP contribution is -2.39. The van der Waals surface area contributed by atoms with Crippen molar-refractivity contribution in [3.8, 4) is 0 Å². The summed E-state index contributed by atoms with van der Waals surface area (Å²) in [7, 11) is 3.55. The summed E-state index contributed by atoms with van der Waals surface area (Å²) in [5.41, 5.74) is 1.78. The van der Waals surface area contributed by atoms with Gasteiger partial charge in [-0.25, -0.2) is 9.18 Å². The zero-order chi connectivity index (χ0) is 12.2. The highest BCUT2D eigenvalue weighted by Gasteiger charge is 2.45. The van der Waals surface area contributed by atoms with E-state index in [-0.39, 0.29) is 23.9 Å². The Kier molecular flexibility index (Phi) is 2.05. The topological polar surface area (TPSA) is 35.6 Å². The summed E-state index contributed by atoms with van der Waals surface area (Å²) in [4.78, 5) is 15.3. The highest BCUT2D eigenvalue weighted by molar-refractivity contribution is 5.79. The summed E-state index contributed by atoms with van der Waals surface area (Å²) in [6.07, 6.45) is 0. The first-order chi connectivity index (χ1) is 8.09. The normalized spacial score (nSPS) is 26.6. The molecule has 0 radical (unpaired) electrons. The molecule has 17 heavy (non-hydrogen) atoms. The number of halogens is 1. The molecule has 3 rings (SSSR count). The minimum absolute atomic E-state index is 0.0149. The highest BCUT2D eigenvalue weighted by Crippen LogP contribution is 2.40. The van der Waals surface area contributed by atoms with Crippen LogP contribution >= 0.6 is 0 Å². The molecular weight excluding hydrogens is 221 g/mol. The fourth-order valence-corrected chi connectivity index (χ4v) is 2.80. The maximum Gasteiger partial charge on any atom is 0.320 e. The van der Waals surface area contributed by atoms with E-state index in [2.05, 4.69) is 5.32 Å². The molecule has 0 aromatic heterocycles. The third-order valence-electron chi connectivity index (χ3n) is 3.72. The number of carbonyl (C=O) groups is 1. The van der Waals surface area contributed by atoms with E-state index < -0.39 is 0 Å². The molecular formula is C12H14FN3O. The van der Waals surface area contributed by atoms with Gasteiger partial charge in [-0.05, 0) is 18.2 Å². The van der Waals surface area contributed by atoms with E-state index in [0.29, 0.717) is 6.54 Å². The zero-order valence-electron chi connectivity index (χ0n) is 9.77. The van der Waals surface area contributed by atoms with Gasteiger partial charge in [0.05, 0.1) is 12.1 Å². The van der Waals surface area contributed by atoms with Crippen LogP contribution in [-0.2, 0) is 0 Å². The second-order valence-electron chi connectivity index (χ2n) is 4.63. The molecule has 1 fully saturated rings. The van der Waals surface area contributed by atoms with Gasteiger partial charge in [0, 0.05) is 31.9 Å². The molecule has 1 saturated heterocycles. The van der Waals surface area contributed by atoms with Gasteiger partial charge in [-0.15, -0.1) is 0 Å². The van der Waals surface area contributed by atoms with Crippen molar-refractivity contribution < 1.29 is 9.18 Å². The number of hydrogen-bond donors (Lipinski definition) is 1. The van der Waals surface area contributed by atoms with E-state index in [9.17, 15) is 9.18 Å². The van der Waals surface area contributed by atoms with Crippen molar-refractivity contribution in [2.45, 2.75) is 12.1 Å². The molecule has 0 saturated carbocycles. The number of rotatable bonds is 0. The van der Waals surface area contributed by atoms with Gasteiger partial charge in [0.15, 0.2) is 0 Å². The van der Waals surface area contributed by atoms with Crippen molar-refractivity contribution in [2.24, 2.45) is 0 Å². The summed E-state index contributed by atoms with van der Waals surface area (Å²) in [6, 6.07) is 4.69. The monoisotopic (exact) mass is 235 g/mol. The number of benzene rings is 1. The van der Waals surface area contributed by atoms with E-state index >= 15 is 0 Å². The molecule has 2 unspecified atom stereocenters. The molecule has 2 aliphatic heterocycles. The number of amides is 2. The molecule has 1 N–H and O–H groups in total. The van der Waals surface area contributed by atoms with Crippen LogP contribution in [0.3, 0.4) is 0 Å². The summed E-state index contributed by atoms with van der Waals surface area (Å²) in [5, 5.41) is 3.25. The Labute approximate surface area is 99.0 Å². The van der Waals surface area contributed by atoms with Crippen molar-refractivity contribution in [3.05, 3.63) is 29.6 Å². The molecule has 4 nitrogen and oxygen atoms in total. The van der Waals surface area contributed by atoms with Crippen molar-refractivity contribution in [3.63, 3.8) is 0 Å². The van der Waals surface area contributed by atoms with Crippen LogP contribution in [0.1, 0.15) is 11.6 Å². The maximum absolute atomic E-state index is 13.3. The SMILES string of the molecule is CN1C(=O)N(C)C2c3cc(F)ccc3NCC21. The first-order valence-electron chi connectivity index (χ1n) is 5.62. The van der Waals surface area contributed by atoms with Crippen LogP contribution in [0.5, 0.6) is 0 Å². The minimum Gasteiger partial charge on any atom is -0.383 e. The van der Waals surface area contributed by atoms with Gasteiger partial charge < -0.3 is 15.1 Å². The van der Waals surface area contributed by atoms with Gasteiger partial charge in [0.1, 0.15) is 5.82 Å². The van der Waals surface area contributed by atoms with Gasteiger partial charge >= 0.3 is 6.03 Å². The Balaban J connectivity index is 2.11. The predicted octanol–water partition coefficient (Wildman–Crippen LogP) is 1.66. The van der Waals surface area contributed by atoms with Crippen LogP contribution in [0.4, 0.5) is 14.9 Å². The molecule has 0 bridgehead atoms. The van der Waals surface area contributed by atoms with Gasteiger partial charge in [-0.3, -0.25) is 0 Å². The average molecular weight is 235 g/mol. The van der Waals surface area contributed by atoms with E-state index in [0.717, 1.165) is 11.3 Å². The Morgan fingerprint density at radius 2 is 2.12 bits per heavy atom. The standard InChI is InChI=1S/C12H14FN3O/c1-15-10-6-14-9-4-3-7(13)5-8(9)11(10)16(2)12(15)17/h3-5,10-11,14H,6H2,1-2H3. The molecule has 2 heterocycles. The van der Waals surface area contributed by atoms with Crippen LogP contribution in [0.25, 0.3) is 0 Å². The second-order valence-corrected chi connectivity index (χ2v) is 4.63. The minimum atomic E-state index is -0.262. The van der Waals surface area contributed by atoms with Gasteiger partial charge in [0.25, 0.3) is 0 Å². The molecule has 1 aromatic carbocycles. The quantitative estimate of drug-likeness (QED) is 0.742. The van der Waals surface area contributed by atoms with E-state index in [1.807, 2.05) is 0 Å². The van der Waals surface area contributed by atoms with E-state index in [1.54, 1.807) is 30.0 Å². The number of carbonyl (C=O) groups excluding carboxylic acids is 1. The van der Waals surface area contributed by atoms with Crippen molar-refractivity contribution >= 4 is 11.7 Å². The number of nitrogens with zero attached hydrogens (tertiary/aromatic N) is 2. The summed E-state index contributed by atoms with van der Waals surface area (Å²) in [6.45, 7) is 0.704. The molecule has 5 heteroatoms. The van der Waals surface area contributed by atoms with Crippen LogP contribution in [0.15, 0.2) is 18.2 Å².